The third-order valence-electron chi connectivity index (χ3n) is 2.68. The van der Waals surface area contributed by atoms with Crippen molar-refractivity contribution in [3.8, 4) is 11.8 Å². The fourth-order valence-corrected chi connectivity index (χ4v) is 1.97. The summed E-state index contributed by atoms with van der Waals surface area (Å²) in [6.07, 6.45) is 4.03. The zero-order valence-electron chi connectivity index (χ0n) is 8.29. The van der Waals surface area contributed by atoms with Crippen LogP contribution in [0.3, 0.4) is 0 Å². The van der Waals surface area contributed by atoms with Crippen molar-refractivity contribution in [3.63, 3.8) is 0 Å². The highest BCUT2D eigenvalue weighted by atomic mass is 127. The molecular formula is C11H16FI. The summed E-state index contributed by atoms with van der Waals surface area (Å²) in [6.45, 7) is 3.91. The van der Waals surface area contributed by atoms with E-state index in [1.54, 1.807) is 0 Å². The minimum atomic E-state index is -1.10. The third kappa shape index (κ3) is 2.83. The predicted molar refractivity (Wildman–Crippen MR) is 62.8 cm³/mol. The molecule has 0 heterocycles. The topological polar surface area (TPSA) is 0 Å². The van der Waals surface area contributed by atoms with Gasteiger partial charge < -0.3 is 0 Å². The summed E-state index contributed by atoms with van der Waals surface area (Å²) in [5.41, 5.74) is -1.10. The Hall–Kier alpha value is 0.220. The molecule has 0 aliphatic heterocycles. The molecule has 74 valence electrons. The Morgan fingerprint density at radius 1 is 1.31 bits per heavy atom. The van der Waals surface area contributed by atoms with E-state index in [0.717, 1.165) is 19.3 Å². The molecule has 1 aliphatic rings. The smallest absolute Gasteiger partial charge is 0.135 e. The number of hydrogen-bond donors (Lipinski definition) is 0. The van der Waals surface area contributed by atoms with Crippen molar-refractivity contribution in [3.05, 3.63) is 0 Å². The molecule has 0 aromatic rings. The second-order valence-electron chi connectivity index (χ2n) is 4.18. The molecule has 1 rings (SSSR count). The zero-order valence-corrected chi connectivity index (χ0v) is 10.4. The Kier molecular flexibility index (Phi) is 3.62. The third-order valence-corrected chi connectivity index (χ3v) is 3.65. The largest absolute Gasteiger partial charge is 0.241 e. The van der Waals surface area contributed by atoms with Crippen LogP contribution in [0, 0.1) is 11.8 Å². The summed E-state index contributed by atoms with van der Waals surface area (Å²) in [7, 11) is 0. The van der Waals surface area contributed by atoms with Gasteiger partial charge in [-0.05, 0) is 33.1 Å². The van der Waals surface area contributed by atoms with Crippen molar-refractivity contribution in [2.45, 2.75) is 55.0 Å². The summed E-state index contributed by atoms with van der Waals surface area (Å²) in [5, 5.41) is 0. The van der Waals surface area contributed by atoms with Gasteiger partial charge in [-0.15, -0.1) is 5.92 Å². The molecule has 0 N–H and O–H groups in total. The van der Waals surface area contributed by atoms with Gasteiger partial charge in [-0.25, -0.2) is 4.39 Å². The average molecular weight is 294 g/mol. The van der Waals surface area contributed by atoms with Crippen molar-refractivity contribution in [1.29, 1.82) is 0 Å². The maximum Gasteiger partial charge on any atom is 0.135 e. The normalized spacial score (nSPS) is 29.8. The average Bonchev–Trinajstić information content (AvgIpc) is 1.94. The summed E-state index contributed by atoms with van der Waals surface area (Å²) in [6, 6.07) is 0. The van der Waals surface area contributed by atoms with Crippen LogP contribution in [0.2, 0.25) is 0 Å². The van der Waals surface area contributed by atoms with E-state index < -0.39 is 5.67 Å². The van der Waals surface area contributed by atoms with E-state index in [1.165, 1.54) is 0 Å². The molecule has 1 atom stereocenters. The molecule has 0 nitrogen and oxygen atoms in total. The Balaban J connectivity index is 2.78. The molecule has 0 radical (unpaired) electrons. The summed E-state index contributed by atoms with van der Waals surface area (Å²) < 4.78 is 14.1. The predicted octanol–water partition coefficient (Wildman–Crippen LogP) is 3.88. The molecule has 0 amide bonds. The van der Waals surface area contributed by atoms with Crippen molar-refractivity contribution in [2.75, 3.05) is 0 Å². The van der Waals surface area contributed by atoms with Gasteiger partial charge in [0.05, 0.1) is 3.42 Å². The van der Waals surface area contributed by atoms with E-state index in [9.17, 15) is 4.39 Å². The lowest BCUT2D eigenvalue weighted by molar-refractivity contribution is 0.119. The van der Waals surface area contributed by atoms with Crippen LogP contribution in [0.25, 0.3) is 0 Å². The molecule has 2 heteroatoms. The van der Waals surface area contributed by atoms with Gasteiger partial charge in [-0.3, -0.25) is 0 Å². The summed E-state index contributed by atoms with van der Waals surface area (Å²) >= 11 is 2.20. The van der Waals surface area contributed by atoms with Gasteiger partial charge in [0.15, 0.2) is 0 Å². The van der Waals surface area contributed by atoms with Crippen LogP contribution in [0.1, 0.15) is 46.0 Å². The molecule has 0 bridgehead atoms. The molecule has 0 aromatic carbocycles. The number of rotatable bonds is 1. The molecule has 1 unspecified atom stereocenters. The van der Waals surface area contributed by atoms with Crippen molar-refractivity contribution >= 4 is 22.6 Å². The highest BCUT2D eigenvalue weighted by Gasteiger charge is 2.42. The van der Waals surface area contributed by atoms with Crippen LogP contribution in [0.4, 0.5) is 4.39 Å². The second-order valence-corrected chi connectivity index (χ2v) is 6.87. The quantitative estimate of drug-likeness (QED) is 0.391. The van der Waals surface area contributed by atoms with Gasteiger partial charge in [0.1, 0.15) is 5.67 Å². The first kappa shape index (κ1) is 11.3. The molecule has 0 saturated carbocycles. The first-order valence-corrected chi connectivity index (χ1v) is 5.87. The number of hydrogen-bond acceptors (Lipinski definition) is 0. The monoisotopic (exact) mass is 294 g/mol. The maximum atomic E-state index is 14.4. The molecule has 0 spiro atoms. The lowest BCUT2D eigenvalue weighted by atomic mass is 9.83. The SMILES string of the molecule is CC(C)(I)C1(F)CC#CCCCC1. The lowest BCUT2D eigenvalue weighted by Crippen LogP contribution is -2.41. The molecule has 0 fully saturated rings. The van der Waals surface area contributed by atoms with Gasteiger partial charge in [0.2, 0.25) is 0 Å². The summed E-state index contributed by atoms with van der Waals surface area (Å²) in [4.78, 5) is 0. The number of halogens is 2. The first-order valence-electron chi connectivity index (χ1n) is 4.79. The second kappa shape index (κ2) is 4.16. The van der Waals surface area contributed by atoms with Gasteiger partial charge in [-0.1, -0.05) is 28.5 Å². The maximum absolute atomic E-state index is 14.4. The standard InChI is InChI=1S/C11H16FI/c1-10(2,13)11(12)8-6-4-3-5-7-9-11/h3-4,6,8-9H2,1-2H3. The van der Waals surface area contributed by atoms with E-state index >= 15 is 0 Å². The van der Waals surface area contributed by atoms with Crippen molar-refractivity contribution in [1.82, 2.24) is 0 Å². The van der Waals surface area contributed by atoms with E-state index in [4.69, 9.17) is 0 Å². The van der Waals surface area contributed by atoms with Gasteiger partial charge in [0, 0.05) is 12.8 Å². The first-order chi connectivity index (χ1) is 5.96. The van der Waals surface area contributed by atoms with Crippen LogP contribution in [0.5, 0.6) is 0 Å². The molecule has 0 aromatic heterocycles. The summed E-state index contributed by atoms with van der Waals surface area (Å²) in [5.74, 6) is 5.98. The van der Waals surface area contributed by atoms with E-state index in [2.05, 4.69) is 34.4 Å². The zero-order chi connectivity index (χ0) is 9.95. The van der Waals surface area contributed by atoms with Gasteiger partial charge in [-0.2, -0.15) is 0 Å². The molecule has 0 saturated heterocycles. The molecule has 13 heavy (non-hydrogen) atoms. The fraction of sp³-hybridized carbons (Fsp3) is 0.818. The Morgan fingerprint density at radius 3 is 2.62 bits per heavy atom. The van der Waals surface area contributed by atoms with Gasteiger partial charge >= 0.3 is 0 Å². The molecular weight excluding hydrogens is 278 g/mol. The fourth-order valence-electron chi connectivity index (χ4n) is 1.51. The molecule has 1 aliphatic carbocycles. The lowest BCUT2D eigenvalue weighted by Gasteiger charge is -2.35. The van der Waals surface area contributed by atoms with Crippen LogP contribution in [-0.4, -0.2) is 9.09 Å². The van der Waals surface area contributed by atoms with Crippen LogP contribution >= 0.6 is 22.6 Å². The van der Waals surface area contributed by atoms with Crippen molar-refractivity contribution in [2.24, 2.45) is 0 Å². The van der Waals surface area contributed by atoms with Gasteiger partial charge in [0.25, 0.3) is 0 Å². The minimum Gasteiger partial charge on any atom is -0.241 e. The Bertz CT molecular complexity index is 231. The highest BCUT2D eigenvalue weighted by molar-refractivity contribution is 14.1. The van der Waals surface area contributed by atoms with E-state index in [1.807, 2.05) is 13.8 Å². The Morgan fingerprint density at radius 2 is 2.00 bits per heavy atom. The van der Waals surface area contributed by atoms with E-state index in [0.29, 0.717) is 12.8 Å². The van der Waals surface area contributed by atoms with Crippen molar-refractivity contribution < 1.29 is 4.39 Å². The highest BCUT2D eigenvalue weighted by Crippen LogP contribution is 2.41. The Labute approximate surface area is 93.8 Å². The minimum absolute atomic E-state index is 0.309. The number of alkyl halides is 2. The van der Waals surface area contributed by atoms with Crippen LogP contribution < -0.4 is 0 Å². The van der Waals surface area contributed by atoms with E-state index in [-0.39, 0.29) is 3.42 Å². The van der Waals surface area contributed by atoms with Crippen LogP contribution in [-0.2, 0) is 0 Å². The van der Waals surface area contributed by atoms with Crippen LogP contribution in [0.15, 0.2) is 0 Å².